The van der Waals surface area contributed by atoms with Gasteiger partial charge in [-0.15, -0.1) is 11.3 Å². The van der Waals surface area contributed by atoms with Gasteiger partial charge in [0.25, 0.3) is 0 Å². The van der Waals surface area contributed by atoms with Crippen molar-refractivity contribution in [3.63, 3.8) is 0 Å². The average molecular weight is 667 g/mol. The maximum absolute atomic E-state index is 2.49. The van der Waals surface area contributed by atoms with Gasteiger partial charge in [0.2, 0.25) is 0 Å². The maximum atomic E-state index is 2.49. The fourth-order valence-corrected chi connectivity index (χ4v) is 9.30. The molecule has 11 rings (SSSR count). The van der Waals surface area contributed by atoms with Crippen molar-refractivity contribution in [1.29, 1.82) is 0 Å². The second-order valence-electron chi connectivity index (χ2n) is 13.4. The van der Waals surface area contributed by atoms with E-state index in [1.54, 1.807) is 0 Å². The Kier molecular flexibility index (Phi) is 6.16. The van der Waals surface area contributed by atoms with Gasteiger partial charge in [0.15, 0.2) is 0 Å². The highest BCUT2D eigenvalue weighted by molar-refractivity contribution is 7.26. The highest BCUT2D eigenvalue weighted by Gasteiger charge is 2.22. The van der Waals surface area contributed by atoms with Crippen LogP contribution in [0.4, 0.5) is 17.1 Å². The summed E-state index contributed by atoms with van der Waals surface area (Å²) in [5, 5.41) is 12.5. The van der Waals surface area contributed by atoms with Crippen LogP contribution in [0.5, 0.6) is 0 Å². The summed E-state index contributed by atoms with van der Waals surface area (Å²) < 4.78 is 5.06. The Labute approximate surface area is 298 Å². The zero-order valence-corrected chi connectivity index (χ0v) is 28.4. The normalized spacial score (nSPS) is 11.9. The summed E-state index contributed by atoms with van der Waals surface area (Å²) in [6, 6.07) is 66.9. The van der Waals surface area contributed by atoms with Gasteiger partial charge in [0.05, 0.1) is 22.4 Å². The van der Waals surface area contributed by atoms with Crippen molar-refractivity contribution in [3.8, 4) is 5.69 Å². The minimum absolute atomic E-state index is 1.12. The van der Waals surface area contributed by atoms with Gasteiger partial charge in [0.1, 0.15) is 0 Å². The van der Waals surface area contributed by atoms with Crippen LogP contribution in [-0.4, -0.2) is 4.57 Å². The molecule has 238 valence electrons. The molecule has 0 unspecified atom stereocenters. The van der Waals surface area contributed by atoms with Gasteiger partial charge in [-0.2, -0.15) is 0 Å². The lowest BCUT2D eigenvalue weighted by Gasteiger charge is -2.28. The summed E-state index contributed by atoms with van der Waals surface area (Å²) in [6.45, 7) is 0. The zero-order valence-electron chi connectivity index (χ0n) is 27.6. The van der Waals surface area contributed by atoms with E-state index in [-0.39, 0.29) is 0 Å². The summed E-state index contributed by atoms with van der Waals surface area (Å²) in [5.74, 6) is 0. The second-order valence-corrected chi connectivity index (χ2v) is 14.5. The zero-order chi connectivity index (χ0) is 33.5. The molecule has 0 atom stereocenters. The smallest absolute Gasteiger partial charge is 0.0561 e. The highest BCUT2D eigenvalue weighted by atomic mass is 32.1. The molecule has 0 aliphatic carbocycles. The van der Waals surface area contributed by atoms with Crippen LogP contribution in [0.2, 0.25) is 0 Å². The van der Waals surface area contributed by atoms with Gasteiger partial charge in [0, 0.05) is 47.7 Å². The molecule has 2 aromatic heterocycles. The lowest BCUT2D eigenvalue weighted by atomic mass is 10.0. The first-order chi connectivity index (χ1) is 25.3. The van der Waals surface area contributed by atoms with Gasteiger partial charge in [-0.1, -0.05) is 121 Å². The number of aromatic nitrogens is 1. The molecule has 0 radical (unpaired) electrons. The minimum Gasteiger partial charge on any atom is -0.309 e. The summed E-state index contributed by atoms with van der Waals surface area (Å²) >= 11 is 1.86. The molecule has 0 saturated carbocycles. The van der Waals surface area contributed by atoms with Gasteiger partial charge >= 0.3 is 0 Å². The Hall–Kier alpha value is -6.42. The minimum atomic E-state index is 1.12. The quantitative estimate of drug-likeness (QED) is 0.181. The Morgan fingerprint density at radius 2 is 1.00 bits per heavy atom. The Bertz CT molecular complexity index is 3160. The number of benzene rings is 9. The number of thiophene rings is 1. The number of hydrogen-bond donors (Lipinski definition) is 0. The second kappa shape index (κ2) is 11.0. The lowest BCUT2D eigenvalue weighted by molar-refractivity contribution is 1.18. The summed E-state index contributed by atoms with van der Waals surface area (Å²) in [7, 11) is 0. The van der Waals surface area contributed by atoms with Crippen LogP contribution in [0.15, 0.2) is 182 Å². The topological polar surface area (TPSA) is 8.17 Å². The molecule has 51 heavy (non-hydrogen) atoms. The Balaban J connectivity index is 1.26. The first kappa shape index (κ1) is 28.4. The predicted octanol–water partition coefficient (Wildman–Crippen LogP) is 14.1. The molecule has 0 amide bonds. The molecule has 0 spiro atoms. The summed E-state index contributed by atoms with van der Waals surface area (Å²) in [4.78, 5) is 2.49. The fourth-order valence-electron chi connectivity index (χ4n) is 8.18. The van der Waals surface area contributed by atoms with Crippen LogP contribution >= 0.6 is 11.3 Å². The molecule has 0 aliphatic heterocycles. The molecule has 2 heterocycles. The predicted molar refractivity (Wildman–Crippen MR) is 221 cm³/mol. The van der Waals surface area contributed by atoms with Gasteiger partial charge in [-0.25, -0.2) is 0 Å². The van der Waals surface area contributed by atoms with E-state index in [1.165, 1.54) is 80.0 Å². The van der Waals surface area contributed by atoms with Crippen molar-refractivity contribution in [1.82, 2.24) is 4.57 Å². The molecule has 11 aromatic rings. The van der Waals surface area contributed by atoms with Crippen molar-refractivity contribution >= 4 is 103 Å². The van der Waals surface area contributed by atoms with Crippen LogP contribution in [0.1, 0.15) is 0 Å². The highest BCUT2D eigenvalue weighted by Crippen LogP contribution is 2.47. The third kappa shape index (κ3) is 4.35. The maximum Gasteiger partial charge on any atom is 0.0561 e. The van der Waals surface area contributed by atoms with Crippen LogP contribution in [0, 0.1) is 0 Å². The number of rotatable bonds is 4. The molecule has 0 N–H and O–H groups in total. The molecular weight excluding hydrogens is 637 g/mol. The number of nitrogens with zero attached hydrogens (tertiary/aromatic N) is 2. The third-order valence-electron chi connectivity index (χ3n) is 10.5. The van der Waals surface area contributed by atoms with Gasteiger partial charge < -0.3 is 9.47 Å². The molecule has 0 fully saturated rings. The molecule has 0 aliphatic rings. The number of anilines is 3. The lowest BCUT2D eigenvalue weighted by Crippen LogP contribution is -2.11. The van der Waals surface area contributed by atoms with Crippen molar-refractivity contribution in [3.05, 3.63) is 182 Å². The monoisotopic (exact) mass is 666 g/mol. The van der Waals surface area contributed by atoms with Crippen molar-refractivity contribution in [2.45, 2.75) is 0 Å². The van der Waals surface area contributed by atoms with E-state index < -0.39 is 0 Å². The number of fused-ring (bicyclic) bond motifs is 9. The van der Waals surface area contributed by atoms with Gasteiger partial charge in [-0.05, 0) is 87.6 Å². The van der Waals surface area contributed by atoms with E-state index in [1.807, 2.05) is 11.3 Å². The van der Waals surface area contributed by atoms with Crippen LogP contribution in [-0.2, 0) is 0 Å². The Morgan fingerprint density at radius 3 is 1.86 bits per heavy atom. The van der Waals surface area contributed by atoms with E-state index in [0.717, 1.165) is 17.1 Å². The van der Waals surface area contributed by atoms with E-state index >= 15 is 0 Å². The summed E-state index contributed by atoms with van der Waals surface area (Å²) in [6.07, 6.45) is 0. The molecule has 0 saturated heterocycles. The first-order valence-corrected chi connectivity index (χ1v) is 18.2. The Morgan fingerprint density at radius 1 is 0.373 bits per heavy atom. The van der Waals surface area contributed by atoms with E-state index in [4.69, 9.17) is 0 Å². The van der Waals surface area contributed by atoms with Crippen LogP contribution < -0.4 is 4.90 Å². The fraction of sp³-hybridized carbons (Fsp3) is 0. The molecule has 3 heteroatoms. The molecule has 0 bridgehead atoms. The SMILES string of the molecule is c1ccc2cc(-n3c4cc(N(c5cccc6ccccc56)c5cccc6sc7ccccc7c56)ccc4c4cc5ccccc5cc43)ccc2c1. The van der Waals surface area contributed by atoms with E-state index in [0.29, 0.717) is 0 Å². The third-order valence-corrected chi connectivity index (χ3v) is 11.6. The molecule has 2 nitrogen and oxygen atoms in total. The average Bonchev–Trinajstić information content (AvgIpc) is 3.72. The van der Waals surface area contributed by atoms with Crippen LogP contribution in [0.3, 0.4) is 0 Å². The van der Waals surface area contributed by atoms with Gasteiger partial charge in [-0.3, -0.25) is 0 Å². The molecule has 9 aromatic carbocycles. The van der Waals surface area contributed by atoms with E-state index in [2.05, 4.69) is 191 Å². The summed E-state index contributed by atoms with van der Waals surface area (Å²) in [5.41, 5.74) is 7.01. The van der Waals surface area contributed by atoms with Crippen molar-refractivity contribution in [2.24, 2.45) is 0 Å². The number of hydrogen-bond acceptors (Lipinski definition) is 2. The first-order valence-electron chi connectivity index (χ1n) is 17.4. The van der Waals surface area contributed by atoms with E-state index in [9.17, 15) is 0 Å². The standard InChI is InChI=1S/C48H30N2S/c1-2-13-33-27-36(24-23-31(33)11-1)50-44-29-35-15-4-3-14-34(35)28-41(44)39-26-25-37(30-45(39)50)49(42-19-9-16-32-12-5-6-17-38(32)42)43-20-10-22-47-48(43)40-18-7-8-21-46(40)51-47/h1-30H. The van der Waals surface area contributed by atoms with Crippen LogP contribution in [0.25, 0.3) is 80.0 Å². The van der Waals surface area contributed by atoms with Crippen molar-refractivity contribution in [2.75, 3.05) is 4.90 Å². The largest absolute Gasteiger partial charge is 0.309 e. The van der Waals surface area contributed by atoms with Crippen molar-refractivity contribution < 1.29 is 0 Å². The molecular formula is C48H30N2S.